The van der Waals surface area contributed by atoms with Crippen LogP contribution in [-0.2, 0) is 4.74 Å². The Balaban J connectivity index is 2.28. The average Bonchev–Trinajstić information content (AvgIpc) is 2.41. The smallest absolute Gasteiger partial charge is 0.186 e. The second-order valence-electron chi connectivity index (χ2n) is 5.19. The summed E-state index contributed by atoms with van der Waals surface area (Å²) in [5.74, 6) is -0.342. The van der Waals surface area contributed by atoms with E-state index in [1.165, 1.54) is 18.2 Å². The first-order valence-corrected chi connectivity index (χ1v) is 6.32. The molecule has 0 bridgehead atoms. The van der Waals surface area contributed by atoms with Crippen LogP contribution in [0.5, 0.6) is 11.5 Å². The molecule has 0 aliphatic carbocycles. The van der Waals surface area contributed by atoms with Gasteiger partial charge in [0.2, 0.25) is 0 Å². The highest BCUT2D eigenvalue weighted by molar-refractivity contribution is 6.05. The molecule has 19 heavy (non-hydrogen) atoms. The van der Waals surface area contributed by atoms with Gasteiger partial charge in [0.15, 0.2) is 5.78 Å². The molecule has 0 spiro atoms. The lowest BCUT2D eigenvalue weighted by Crippen LogP contribution is -2.54. The van der Waals surface area contributed by atoms with Crippen molar-refractivity contribution >= 4 is 5.78 Å². The molecule has 0 atom stereocenters. The van der Waals surface area contributed by atoms with Crippen molar-refractivity contribution in [3.05, 3.63) is 23.8 Å². The van der Waals surface area contributed by atoms with Crippen LogP contribution in [0, 0.1) is 0 Å². The molecule has 1 aromatic rings. The van der Waals surface area contributed by atoms with Crippen LogP contribution in [0.1, 0.15) is 24.2 Å². The number of nitrogens with zero attached hydrogens (tertiary/aromatic N) is 1. The number of benzene rings is 1. The Morgan fingerprint density at radius 2 is 1.89 bits per heavy atom. The zero-order chi connectivity index (χ0) is 14.0. The first-order valence-electron chi connectivity index (χ1n) is 6.32. The number of hydrogen-bond donors (Lipinski definition) is 2. The molecule has 0 aromatic heterocycles. The fourth-order valence-electron chi connectivity index (χ4n) is 2.30. The molecule has 0 saturated carbocycles. The van der Waals surface area contributed by atoms with Crippen molar-refractivity contribution in [2.24, 2.45) is 0 Å². The summed E-state index contributed by atoms with van der Waals surface area (Å²) in [5.41, 5.74) is -0.591. The Labute approximate surface area is 112 Å². The van der Waals surface area contributed by atoms with Crippen LogP contribution < -0.4 is 0 Å². The van der Waals surface area contributed by atoms with Gasteiger partial charge in [0.05, 0.1) is 24.3 Å². The van der Waals surface area contributed by atoms with Gasteiger partial charge < -0.3 is 14.9 Å². The molecule has 5 heteroatoms. The van der Waals surface area contributed by atoms with Crippen molar-refractivity contribution < 1.29 is 19.7 Å². The molecule has 1 aromatic carbocycles. The van der Waals surface area contributed by atoms with E-state index in [1.54, 1.807) is 0 Å². The molecule has 1 aliphatic rings. The summed E-state index contributed by atoms with van der Waals surface area (Å²) in [6.45, 7) is 6.20. The zero-order valence-corrected chi connectivity index (χ0v) is 11.2. The lowest BCUT2D eigenvalue weighted by atomic mass is 9.90. The molecule has 2 rings (SSSR count). The summed E-state index contributed by atoms with van der Waals surface area (Å²) in [4.78, 5) is 14.6. The minimum Gasteiger partial charge on any atom is -0.508 e. The second kappa shape index (κ2) is 5.19. The predicted octanol–water partition coefficient (Wildman–Crippen LogP) is 1.39. The Kier molecular flexibility index (Phi) is 3.78. The first kappa shape index (κ1) is 13.8. The van der Waals surface area contributed by atoms with Gasteiger partial charge in [-0.05, 0) is 32.0 Å². The standard InChI is InChI=1S/C14H19NO4/c1-14(2,15-5-7-19-8-6-15)13(18)11-9-10(16)3-4-12(11)17/h3-4,9,16-17H,5-8H2,1-2H3. The van der Waals surface area contributed by atoms with Crippen LogP contribution >= 0.6 is 0 Å². The van der Waals surface area contributed by atoms with E-state index < -0.39 is 5.54 Å². The highest BCUT2D eigenvalue weighted by atomic mass is 16.5. The number of phenolic OH excluding ortho intramolecular Hbond substituents is 2. The number of morpholine rings is 1. The van der Waals surface area contributed by atoms with Crippen molar-refractivity contribution in [3.63, 3.8) is 0 Å². The van der Waals surface area contributed by atoms with Crippen molar-refractivity contribution in [1.82, 2.24) is 4.90 Å². The maximum Gasteiger partial charge on any atom is 0.186 e. The highest BCUT2D eigenvalue weighted by Gasteiger charge is 2.37. The van der Waals surface area contributed by atoms with Gasteiger partial charge in [0.1, 0.15) is 11.5 Å². The molecule has 1 aliphatic heterocycles. The average molecular weight is 265 g/mol. The minimum atomic E-state index is -0.741. The van der Waals surface area contributed by atoms with Gasteiger partial charge in [-0.3, -0.25) is 9.69 Å². The zero-order valence-electron chi connectivity index (χ0n) is 11.2. The number of ketones is 1. The molecular weight excluding hydrogens is 246 g/mol. The number of Topliss-reactive ketones (excluding diaryl/α,β-unsaturated/α-hetero) is 1. The monoisotopic (exact) mass is 265 g/mol. The molecule has 1 heterocycles. The SMILES string of the molecule is CC(C)(C(=O)c1cc(O)ccc1O)N1CCOCC1. The molecule has 1 fully saturated rings. The van der Waals surface area contributed by atoms with E-state index in [-0.39, 0.29) is 22.8 Å². The van der Waals surface area contributed by atoms with E-state index in [0.29, 0.717) is 26.3 Å². The molecule has 5 nitrogen and oxygen atoms in total. The Morgan fingerprint density at radius 1 is 1.26 bits per heavy atom. The van der Waals surface area contributed by atoms with Gasteiger partial charge in [-0.2, -0.15) is 0 Å². The summed E-state index contributed by atoms with van der Waals surface area (Å²) in [5, 5.41) is 19.3. The fourth-order valence-corrected chi connectivity index (χ4v) is 2.30. The summed E-state index contributed by atoms with van der Waals surface area (Å²) >= 11 is 0. The van der Waals surface area contributed by atoms with E-state index in [9.17, 15) is 15.0 Å². The number of ether oxygens (including phenoxy) is 1. The Morgan fingerprint density at radius 3 is 2.53 bits per heavy atom. The number of hydrogen-bond acceptors (Lipinski definition) is 5. The van der Waals surface area contributed by atoms with Gasteiger partial charge in [-0.25, -0.2) is 0 Å². The van der Waals surface area contributed by atoms with E-state index in [4.69, 9.17) is 4.74 Å². The van der Waals surface area contributed by atoms with E-state index >= 15 is 0 Å². The van der Waals surface area contributed by atoms with Crippen molar-refractivity contribution in [2.45, 2.75) is 19.4 Å². The number of aromatic hydroxyl groups is 2. The van der Waals surface area contributed by atoms with Crippen molar-refractivity contribution in [3.8, 4) is 11.5 Å². The minimum absolute atomic E-state index is 0.0288. The van der Waals surface area contributed by atoms with Gasteiger partial charge in [-0.15, -0.1) is 0 Å². The largest absolute Gasteiger partial charge is 0.508 e. The maximum atomic E-state index is 12.6. The molecule has 0 amide bonds. The summed E-state index contributed by atoms with van der Waals surface area (Å²) in [7, 11) is 0. The Hall–Kier alpha value is -1.59. The normalized spacial score (nSPS) is 17.4. The third kappa shape index (κ3) is 2.72. The fraction of sp³-hybridized carbons (Fsp3) is 0.500. The maximum absolute atomic E-state index is 12.6. The second-order valence-corrected chi connectivity index (χ2v) is 5.19. The summed E-state index contributed by atoms with van der Waals surface area (Å²) in [6.07, 6.45) is 0. The lowest BCUT2D eigenvalue weighted by Gasteiger charge is -2.39. The van der Waals surface area contributed by atoms with Crippen LogP contribution in [0.2, 0.25) is 0 Å². The summed E-state index contributed by atoms with van der Waals surface area (Å²) < 4.78 is 5.28. The van der Waals surface area contributed by atoms with Crippen molar-refractivity contribution in [2.75, 3.05) is 26.3 Å². The quantitative estimate of drug-likeness (QED) is 0.638. The topological polar surface area (TPSA) is 70.0 Å². The molecule has 0 radical (unpaired) electrons. The van der Waals surface area contributed by atoms with Crippen LogP contribution in [0.4, 0.5) is 0 Å². The van der Waals surface area contributed by atoms with Crippen LogP contribution in [0.25, 0.3) is 0 Å². The summed E-state index contributed by atoms with van der Waals surface area (Å²) in [6, 6.07) is 3.99. The molecule has 2 N–H and O–H groups in total. The lowest BCUT2D eigenvalue weighted by molar-refractivity contribution is -0.00438. The van der Waals surface area contributed by atoms with Crippen LogP contribution in [-0.4, -0.2) is 52.7 Å². The van der Waals surface area contributed by atoms with Gasteiger partial charge >= 0.3 is 0 Å². The van der Waals surface area contributed by atoms with Crippen LogP contribution in [0.3, 0.4) is 0 Å². The number of rotatable bonds is 3. The van der Waals surface area contributed by atoms with E-state index in [0.717, 1.165) is 0 Å². The first-order chi connectivity index (χ1) is 8.93. The predicted molar refractivity (Wildman–Crippen MR) is 70.6 cm³/mol. The molecular formula is C14H19NO4. The third-order valence-corrected chi connectivity index (χ3v) is 3.58. The van der Waals surface area contributed by atoms with Gasteiger partial charge in [-0.1, -0.05) is 0 Å². The number of carbonyl (C=O) groups is 1. The highest BCUT2D eigenvalue weighted by Crippen LogP contribution is 2.29. The number of phenols is 2. The molecule has 104 valence electrons. The third-order valence-electron chi connectivity index (χ3n) is 3.58. The van der Waals surface area contributed by atoms with Crippen LogP contribution in [0.15, 0.2) is 18.2 Å². The molecule has 1 saturated heterocycles. The Bertz CT molecular complexity index is 478. The van der Waals surface area contributed by atoms with E-state index in [1.807, 2.05) is 18.7 Å². The van der Waals surface area contributed by atoms with Gasteiger partial charge in [0.25, 0.3) is 0 Å². The van der Waals surface area contributed by atoms with Gasteiger partial charge in [0, 0.05) is 13.1 Å². The number of carbonyl (C=O) groups excluding carboxylic acids is 1. The van der Waals surface area contributed by atoms with E-state index in [2.05, 4.69) is 0 Å². The molecule has 0 unspecified atom stereocenters. The van der Waals surface area contributed by atoms with Crippen molar-refractivity contribution in [1.29, 1.82) is 0 Å².